The third-order valence-electron chi connectivity index (χ3n) is 1.77. The fourth-order valence-corrected chi connectivity index (χ4v) is 2.81. The first-order valence-corrected chi connectivity index (χ1v) is 5.22. The zero-order chi connectivity index (χ0) is 8.48. The summed E-state index contributed by atoms with van der Waals surface area (Å²) in [6, 6.07) is 0. The second-order valence-corrected chi connectivity index (χ2v) is 5.52. The Morgan fingerprint density at radius 1 is 1.73 bits per heavy atom. The van der Waals surface area contributed by atoms with Crippen LogP contribution in [-0.2, 0) is 9.09 Å². The summed E-state index contributed by atoms with van der Waals surface area (Å²) in [6.45, 7) is 0.436. The maximum atomic E-state index is 11.7. The number of terminal acetylenes is 1. The topological polar surface area (TPSA) is 29.5 Å². The van der Waals surface area contributed by atoms with Crippen LogP contribution in [0.15, 0.2) is 0 Å². The van der Waals surface area contributed by atoms with Crippen LogP contribution in [0.4, 0.5) is 0 Å². The Bertz CT molecular complexity index is 231. The van der Waals surface area contributed by atoms with Crippen LogP contribution in [0, 0.1) is 18.3 Å². The number of hydrogen-bond acceptors (Lipinski definition) is 2. The molecule has 1 saturated heterocycles. The normalized spacial score (nSPS) is 37.5. The minimum absolute atomic E-state index is 0.0308. The van der Waals surface area contributed by atoms with Gasteiger partial charge in [0.2, 0.25) is 0 Å². The molecular formula is C7H12NO2P. The first-order valence-electron chi connectivity index (χ1n) is 3.46. The number of rotatable bonds is 1. The molecule has 0 aromatic carbocycles. The van der Waals surface area contributed by atoms with Crippen LogP contribution in [0.25, 0.3) is 0 Å². The maximum absolute atomic E-state index is 11.7. The second kappa shape index (κ2) is 2.98. The molecule has 2 atom stereocenters. The highest BCUT2D eigenvalue weighted by molar-refractivity contribution is 7.56. The molecule has 2 unspecified atom stereocenters. The smallest absolute Gasteiger partial charge is 0.273 e. The van der Waals surface area contributed by atoms with Crippen LogP contribution in [-0.4, -0.2) is 31.5 Å². The van der Waals surface area contributed by atoms with Gasteiger partial charge in [-0.2, -0.15) is 0 Å². The fourth-order valence-electron chi connectivity index (χ4n) is 0.970. The lowest BCUT2D eigenvalue weighted by Crippen LogP contribution is -2.09. The van der Waals surface area contributed by atoms with Gasteiger partial charge in [0, 0.05) is 0 Å². The van der Waals surface area contributed by atoms with E-state index < -0.39 is 7.52 Å². The molecule has 0 aliphatic carbocycles. The van der Waals surface area contributed by atoms with Gasteiger partial charge in [-0.3, -0.25) is 4.57 Å². The highest BCUT2D eigenvalue weighted by atomic mass is 31.2. The minimum atomic E-state index is -2.52. The Kier molecular flexibility index (Phi) is 2.39. The van der Waals surface area contributed by atoms with E-state index in [1.54, 1.807) is 18.8 Å². The monoisotopic (exact) mass is 173 g/mol. The molecule has 1 rings (SSSR count). The van der Waals surface area contributed by atoms with Gasteiger partial charge in [-0.05, 0) is 14.1 Å². The summed E-state index contributed by atoms with van der Waals surface area (Å²) in [5.74, 6) is 2.58. The summed E-state index contributed by atoms with van der Waals surface area (Å²) in [7, 11) is 0.976. The van der Waals surface area contributed by atoms with Gasteiger partial charge in [0.15, 0.2) is 0 Å². The second-order valence-electron chi connectivity index (χ2n) is 2.83. The molecule has 0 bridgehead atoms. The molecule has 0 aromatic heterocycles. The first-order chi connectivity index (χ1) is 5.08. The zero-order valence-electron chi connectivity index (χ0n) is 6.78. The van der Waals surface area contributed by atoms with Crippen molar-refractivity contribution in [2.75, 3.05) is 26.9 Å². The summed E-state index contributed by atoms with van der Waals surface area (Å²) in [4.78, 5) is 0. The quantitative estimate of drug-likeness (QED) is 0.438. The Labute approximate surface area is 67.2 Å². The zero-order valence-corrected chi connectivity index (χ0v) is 7.67. The molecule has 0 saturated carbocycles. The van der Waals surface area contributed by atoms with Gasteiger partial charge in [0.25, 0.3) is 7.52 Å². The summed E-state index contributed by atoms with van der Waals surface area (Å²) < 4.78 is 18.5. The lowest BCUT2D eigenvalue weighted by molar-refractivity contribution is 0.305. The molecule has 62 valence electrons. The lowest BCUT2D eigenvalue weighted by atomic mass is 10.2. The van der Waals surface area contributed by atoms with Crippen molar-refractivity contribution < 1.29 is 9.09 Å². The molecule has 0 spiro atoms. The molecule has 0 N–H and O–H groups in total. The molecule has 1 aliphatic heterocycles. The molecule has 1 heterocycles. The molecule has 1 aliphatic rings. The first kappa shape index (κ1) is 8.80. The Balaban J connectivity index is 2.67. The number of nitrogens with zero attached hydrogens (tertiary/aromatic N) is 1. The molecule has 3 nitrogen and oxygen atoms in total. The summed E-state index contributed by atoms with van der Waals surface area (Å²) in [5, 5.41) is 0. The van der Waals surface area contributed by atoms with E-state index in [2.05, 4.69) is 5.92 Å². The fraction of sp³-hybridized carbons (Fsp3) is 0.714. The molecule has 1 fully saturated rings. The largest absolute Gasteiger partial charge is 0.316 e. The predicted molar refractivity (Wildman–Crippen MR) is 44.4 cm³/mol. The summed E-state index contributed by atoms with van der Waals surface area (Å²) in [6.07, 6.45) is 5.68. The van der Waals surface area contributed by atoms with Crippen molar-refractivity contribution in [1.29, 1.82) is 0 Å². The van der Waals surface area contributed by atoms with Gasteiger partial charge >= 0.3 is 0 Å². The summed E-state index contributed by atoms with van der Waals surface area (Å²) >= 11 is 0. The van der Waals surface area contributed by atoms with Crippen molar-refractivity contribution in [3.8, 4) is 12.3 Å². The van der Waals surface area contributed by atoms with Gasteiger partial charge in [0.1, 0.15) is 0 Å². The van der Waals surface area contributed by atoms with E-state index in [0.717, 1.165) is 0 Å². The Morgan fingerprint density at radius 3 is 2.64 bits per heavy atom. The van der Waals surface area contributed by atoms with E-state index >= 15 is 0 Å². The van der Waals surface area contributed by atoms with E-state index in [1.165, 1.54) is 0 Å². The van der Waals surface area contributed by atoms with Crippen molar-refractivity contribution in [1.82, 2.24) is 4.67 Å². The maximum Gasteiger partial charge on any atom is 0.273 e. The van der Waals surface area contributed by atoms with E-state index in [4.69, 9.17) is 10.9 Å². The SMILES string of the molecule is C#CC1COP(=O)(N(C)C)C1. The van der Waals surface area contributed by atoms with Crippen LogP contribution in [0.2, 0.25) is 0 Å². The third kappa shape index (κ3) is 1.65. The van der Waals surface area contributed by atoms with Crippen LogP contribution >= 0.6 is 7.52 Å². The van der Waals surface area contributed by atoms with Crippen molar-refractivity contribution in [2.24, 2.45) is 5.92 Å². The molecular weight excluding hydrogens is 161 g/mol. The minimum Gasteiger partial charge on any atom is -0.316 e. The van der Waals surface area contributed by atoms with Crippen molar-refractivity contribution in [3.63, 3.8) is 0 Å². The molecule has 0 amide bonds. The van der Waals surface area contributed by atoms with E-state index in [-0.39, 0.29) is 5.92 Å². The van der Waals surface area contributed by atoms with Crippen molar-refractivity contribution >= 4 is 7.52 Å². The van der Waals surface area contributed by atoms with Crippen LogP contribution in [0.3, 0.4) is 0 Å². The average molecular weight is 173 g/mol. The van der Waals surface area contributed by atoms with Crippen LogP contribution in [0.5, 0.6) is 0 Å². The lowest BCUT2D eigenvalue weighted by Gasteiger charge is -2.17. The van der Waals surface area contributed by atoms with Gasteiger partial charge in [-0.1, -0.05) is 0 Å². The predicted octanol–water partition coefficient (Wildman–Crippen LogP) is 1.02. The van der Waals surface area contributed by atoms with Gasteiger partial charge in [0.05, 0.1) is 18.7 Å². The third-order valence-corrected chi connectivity index (χ3v) is 4.45. The Morgan fingerprint density at radius 2 is 2.36 bits per heavy atom. The molecule has 0 radical (unpaired) electrons. The molecule has 0 aromatic rings. The van der Waals surface area contributed by atoms with Crippen molar-refractivity contribution in [2.45, 2.75) is 0 Å². The van der Waals surface area contributed by atoms with E-state index in [0.29, 0.717) is 12.8 Å². The highest BCUT2D eigenvalue weighted by Gasteiger charge is 2.36. The summed E-state index contributed by atoms with van der Waals surface area (Å²) in [5.41, 5.74) is 0. The van der Waals surface area contributed by atoms with Gasteiger partial charge in [-0.15, -0.1) is 12.3 Å². The Hall–Kier alpha value is -0.290. The standard InChI is InChI=1S/C7H12NO2P/c1-4-7-5-10-11(9,6-7)8(2)3/h1,7H,5-6H2,2-3H3. The highest BCUT2D eigenvalue weighted by Crippen LogP contribution is 2.54. The molecule has 4 heteroatoms. The number of hydrogen-bond donors (Lipinski definition) is 0. The van der Waals surface area contributed by atoms with Gasteiger partial charge < -0.3 is 4.52 Å². The van der Waals surface area contributed by atoms with Crippen molar-refractivity contribution in [3.05, 3.63) is 0 Å². The van der Waals surface area contributed by atoms with Crippen LogP contribution in [0.1, 0.15) is 0 Å². The van der Waals surface area contributed by atoms with E-state index in [9.17, 15) is 4.57 Å². The molecule has 11 heavy (non-hydrogen) atoms. The van der Waals surface area contributed by atoms with E-state index in [1.807, 2.05) is 0 Å². The van der Waals surface area contributed by atoms with Crippen LogP contribution < -0.4 is 0 Å². The van der Waals surface area contributed by atoms with Gasteiger partial charge in [-0.25, -0.2) is 4.67 Å². The average Bonchev–Trinajstić information content (AvgIpc) is 2.33.